The number of hydrogen-bond donors (Lipinski definition) is 1. The van der Waals surface area contributed by atoms with Crippen LogP contribution in [0.2, 0.25) is 5.02 Å². The average molecular weight is 707 g/mol. The Kier molecular flexibility index (Phi) is 8.57. The van der Waals surface area contributed by atoms with Gasteiger partial charge in [0, 0.05) is 30.4 Å². The van der Waals surface area contributed by atoms with Crippen molar-refractivity contribution in [2.45, 2.75) is 25.2 Å². The predicted octanol–water partition coefficient (Wildman–Crippen LogP) is 6.50. The Morgan fingerprint density at radius 3 is 2.39 bits per heavy atom. The highest BCUT2D eigenvalue weighted by Gasteiger charge is 2.35. The van der Waals surface area contributed by atoms with Gasteiger partial charge in [0.1, 0.15) is 11.9 Å². The Balaban J connectivity index is 1.42. The van der Waals surface area contributed by atoms with Gasteiger partial charge >= 0.3 is 18.7 Å². The Bertz CT molecular complexity index is 2200. The average Bonchev–Trinajstić information content (AvgIpc) is 3.82. The van der Waals surface area contributed by atoms with Crippen molar-refractivity contribution in [2.24, 2.45) is 0 Å². The van der Waals surface area contributed by atoms with E-state index in [1.165, 1.54) is 47.4 Å². The smallest absolute Gasteiger partial charge is 0.436 e. The van der Waals surface area contributed by atoms with Crippen LogP contribution in [0.15, 0.2) is 79.5 Å². The molecule has 0 aliphatic carbocycles. The number of hydrogen-bond acceptors (Lipinski definition) is 6. The highest BCUT2D eigenvalue weighted by molar-refractivity contribution is 6.31. The van der Waals surface area contributed by atoms with Crippen LogP contribution >= 0.6 is 11.6 Å². The maximum atomic E-state index is 15.5. The first-order chi connectivity index (χ1) is 23.2. The van der Waals surface area contributed by atoms with Crippen LogP contribution in [-0.4, -0.2) is 45.6 Å². The Morgan fingerprint density at radius 1 is 1.00 bits per heavy atom. The van der Waals surface area contributed by atoms with Gasteiger partial charge in [-0.25, -0.2) is 22.9 Å². The van der Waals surface area contributed by atoms with Crippen molar-refractivity contribution in [2.75, 3.05) is 0 Å². The number of aromatic carboxylic acids is 1. The van der Waals surface area contributed by atoms with Gasteiger partial charge < -0.3 is 10.3 Å². The molecule has 0 aliphatic heterocycles. The van der Waals surface area contributed by atoms with E-state index in [-0.39, 0.29) is 40.2 Å². The molecule has 6 rings (SSSR count). The minimum atomic E-state index is -4.84. The van der Waals surface area contributed by atoms with Crippen molar-refractivity contribution in [3.63, 3.8) is 0 Å². The number of carboxylic acids is 1. The van der Waals surface area contributed by atoms with Crippen LogP contribution in [-0.2, 0) is 12.6 Å². The van der Waals surface area contributed by atoms with E-state index < -0.39 is 52.7 Å². The van der Waals surface area contributed by atoms with Gasteiger partial charge in [0.05, 0.1) is 45.5 Å². The molecule has 11 nitrogen and oxygen atoms in total. The summed E-state index contributed by atoms with van der Waals surface area (Å²) in [4.78, 5) is 11.2. The third-order valence-corrected chi connectivity index (χ3v) is 7.69. The Labute approximate surface area is 274 Å². The minimum Gasteiger partial charge on any atom is -0.618 e. The van der Waals surface area contributed by atoms with Gasteiger partial charge in [-0.05, 0) is 42.0 Å². The number of halogens is 8. The van der Waals surface area contributed by atoms with Crippen molar-refractivity contribution in [1.82, 2.24) is 34.6 Å². The van der Waals surface area contributed by atoms with Gasteiger partial charge in [0.15, 0.2) is 17.7 Å². The number of carboxylic acid groups (broad SMARTS) is 1. The first kappa shape index (κ1) is 33.1. The molecule has 0 saturated carbocycles. The molecular formula is C30H18ClF7N8O3. The van der Waals surface area contributed by atoms with E-state index in [0.29, 0.717) is 25.9 Å². The van der Waals surface area contributed by atoms with E-state index in [9.17, 15) is 36.3 Å². The molecule has 19 heteroatoms. The number of aromatic nitrogens is 8. The summed E-state index contributed by atoms with van der Waals surface area (Å²) < 4.78 is 98.8. The fourth-order valence-electron chi connectivity index (χ4n) is 5.07. The van der Waals surface area contributed by atoms with Crippen LogP contribution in [0.1, 0.15) is 40.0 Å². The number of carbonyl (C=O) groups is 1. The molecule has 1 atom stereocenters. The number of rotatable bonds is 9. The molecule has 0 aliphatic rings. The first-order valence-corrected chi connectivity index (χ1v) is 14.2. The van der Waals surface area contributed by atoms with Crippen molar-refractivity contribution < 1.29 is 45.4 Å². The van der Waals surface area contributed by atoms with Crippen molar-refractivity contribution in [1.29, 1.82) is 0 Å². The molecule has 0 fully saturated rings. The maximum Gasteiger partial charge on any atom is 0.436 e. The zero-order valence-corrected chi connectivity index (χ0v) is 25.0. The molecule has 4 aromatic heterocycles. The SMILES string of the molecule is O=C(O)c1ccc(-c2cnn([C@@H](Cc3ccn(C(F)F)n3)c3ccc(-c4c(-n5cc(C(F)(F)F)nn5)ccc(Cl)c4F)c[n+]3[O-])c2)cc1F. The van der Waals surface area contributed by atoms with Gasteiger partial charge in [-0.1, -0.05) is 22.9 Å². The van der Waals surface area contributed by atoms with E-state index in [4.69, 9.17) is 16.7 Å². The minimum absolute atomic E-state index is 0.0542. The number of pyridine rings is 1. The van der Waals surface area contributed by atoms with Crippen LogP contribution < -0.4 is 4.73 Å². The molecule has 0 spiro atoms. The largest absolute Gasteiger partial charge is 0.618 e. The van der Waals surface area contributed by atoms with Crippen LogP contribution in [0.4, 0.5) is 30.7 Å². The standard InChI is InChI=1S/C30H18ClF7N8O3/c31-20-4-6-23(45-14-25(40-42-45)30(36,37)38)26(27(20)33)16-2-5-22(46(49)13-16)24(10-18-7-8-43(41-18)29(34)35)44-12-17(11-39-44)15-1-3-19(28(47)48)21(32)9-15/h1-9,11-14,24,29H,10H2,(H,47,48)/t24-/m0/s1. The fraction of sp³-hybridized carbons (Fsp3) is 0.133. The number of alkyl halides is 5. The topological polar surface area (TPSA) is 131 Å². The molecule has 0 amide bonds. The zero-order valence-electron chi connectivity index (χ0n) is 24.2. The van der Waals surface area contributed by atoms with Crippen LogP contribution in [0.3, 0.4) is 0 Å². The third-order valence-electron chi connectivity index (χ3n) is 7.40. The Hall–Kier alpha value is -5.78. The molecule has 6 aromatic rings. The maximum absolute atomic E-state index is 15.5. The molecule has 0 saturated heterocycles. The summed E-state index contributed by atoms with van der Waals surface area (Å²) >= 11 is 5.99. The van der Waals surface area contributed by atoms with Gasteiger partial charge in [0.2, 0.25) is 5.69 Å². The molecule has 49 heavy (non-hydrogen) atoms. The van der Waals surface area contributed by atoms with Gasteiger partial charge in [-0.2, -0.15) is 36.9 Å². The summed E-state index contributed by atoms with van der Waals surface area (Å²) in [6, 6.07) is 8.48. The molecular weight excluding hydrogens is 689 g/mol. The van der Waals surface area contributed by atoms with E-state index in [0.717, 1.165) is 30.6 Å². The number of benzene rings is 2. The summed E-state index contributed by atoms with van der Waals surface area (Å²) in [7, 11) is 0. The second kappa shape index (κ2) is 12.7. The second-order valence-electron chi connectivity index (χ2n) is 10.5. The number of nitrogens with zero attached hydrogens (tertiary/aromatic N) is 8. The third kappa shape index (κ3) is 6.54. The highest BCUT2D eigenvalue weighted by Crippen LogP contribution is 2.35. The van der Waals surface area contributed by atoms with Crippen LogP contribution in [0.25, 0.3) is 27.9 Å². The van der Waals surface area contributed by atoms with Gasteiger partial charge in [0.25, 0.3) is 0 Å². The molecule has 2 aromatic carbocycles. The summed E-state index contributed by atoms with van der Waals surface area (Å²) in [6.07, 6.45) is 0.210. The van der Waals surface area contributed by atoms with Crippen molar-refractivity contribution in [3.8, 4) is 27.9 Å². The summed E-state index contributed by atoms with van der Waals surface area (Å²) in [6.45, 7) is -2.95. The summed E-state index contributed by atoms with van der Waals surface area (Å²) in [5.74, 6) is -3.54. The van der Waals surface area contributed by atoms with Crippen LogP contribution in [0.5, 0.6) is 0 Å². The lowest BCUT2D eigenvalue weighted by Crippen LogP contribution is -2.36. The quantitative estimate of drug-likeness (QED) is 0.103. The van der Waals surface area contributed by atoms with Gasteiger partial charge in [-0.15, -0.1) is 5.10 Å². The first-order valence-electron chi connectivity index (χ1n) is 13.8. The van der Waals surface area contributed by atoms with E-state index in [1.54, 1.807) is 0 Å². The summed E-state index contributed by atoms with van der Waals surface area (Å²) in [5.41, 5.74) is -1.99. The predicted molar refractivity (Wildman–Crippen MR) is 156 cm³/mol. The van der Waals surface area contributed by atoms with Gasteiger partial charge in [-0.3, -0.25) is 4.68 Å². The fourth-order valence-corrected chi connectivity index (χ4v) is 5.23. The molecule has 4 heterocycles. The van der Waals surface area contributed by atoms with Crippen LogP contribution in [0, 0.1) is 16.8 Å². The molecule has 0 unspecified atom stereocenters. The normalized spacial score (nSPS) is 12.5. The van der Waals surface area contributed by atoms with Crippen molar-refractivity contribution in [3.05, 3.63) is 124 Å². The van der Waals surface area contributed by atoms with Crippen molar-refractivity contribution >= 4 is 17.6 Å². The zero-order chi connectivity index (χ0) is 35.2. The molecule has 0 radical (unpaired) electrons. The highest BCUT2D eigenvalue weighted by atomic mass is 35.5. The Morgan fingerprint density at radius 2 is 1.76 bits per heavy atom. The lowest BCUT2D eigenvalue weighted by molar-refractivity contribution is -0.615. The molecule has 252 valence electrons. The van der Waals surface area contributed by atoms with E-state index >= 15 is 4.39 Å². The summed E-state index contributed by atoms with van der Waals surface area (Å²) in [5, 5.41) is 37.0. The lowest BCUT2D eigenvalue weighted by atomic mass is 10.0. The van der Waals surface area contributed by atoms with E-state index in [2.05, 4.69) is 20.5 Å². The lowest BCUT2D eigenvalue weighted by Gasteiger charge is -2.18. The van der Waals surface area contributed by atoms with E-state index in [1.807, 2.05) is 0 Å². The monoisotopic (exact) mass is 706 g/mol. The molecule has 0 bridgehead atoms. The molecule has 1 N–H and O–H groups in total. The second-order valence-corrected chi connectivity index (χ2v) is 10.9.